The SMILES string of the molecule is CCOc1cccc2sc(N(CCn3nc(C)cc3C)C(=O)c3ccccc3S(=O)(=O)CC)nc12. The Morgan fingerprint density at radius 3 is 2.57 bits per heavy atom. The zero-order chi connectivity index (χ0) is 25.2. The molecule has 0 unspecified atom stereocenters. The number of sulfone groups is 1. The van der Waals surface area contributed by atoms with Crippen LogP contribution in [0.5, 0.6) is 5.75 Å². The minimum atomic E-state index is -3.60. The molecule has 0 bridgehead atoms. The minimum Gasteiger partial charge on any atom is -0.492 e. The first kappa shape index (κ1) is 24.9. The van der Waals surface area contributed by atoms with Crippen LogP contribution in [0.1, 0.15) is 35.6 Å². The number of hydrogen-bond acceptors (Lipinski definition) is 7. The number of amides is 1. The summed E-state index contributed by atoms with van der Waals surface area (Å²) in [5.41, 5.74) is 2.67. The summed E-state index contributed by atoms with van der Waals surface area (Å²) in [5.74, 6) is 0.130. The molecule has 8 nitrogen and oxygen atoms in total. The molecular formula is C25H28N4O4S2. The third-order valence-electron chi connectivity index (χ3n) is 5.62. The van der Waals surface area contributed by atoms with Gasteiger partial charge in [0.25, 0.3) is 5.91 Å². The molecule has 2 aromatic heterocycles. The van der Waals surface area contributed by atoms with Crippen LogP contribution in [0.2, 0.25) is 0 Å². The molecule has 0 radical (unpaired) electrons. The number of fused-ring (bicyclic) bond motifs is 1. The van der Waals surface area contributed by atoms with Crippen LogP contribution >= 0.6 is 11.3 Å². The fraction of sp³-hybridized carbons (Fsp3) is 0.320. The van der Waals surface area contributed by atoms with Gasteiger partial charge < -0.3 is 4.74 Å². The number of thiazole rings is 1. The van der Waals surface area contributed by atoms with Crippen LogP contribution in [-0.2, 0) is 16.4 Å². The number of hydrogen-bond donors (Lipinski definition) is 0. The van der Waals surface area contributed by atoms with Crippen LogP contribution in [0.15, 0.2) is 53.4 Å². The van der Waals surface area contributed by atoms with Gasteiger partial charge in [-0.2, -0.15) is 5.10 Å². The van der Waals surface area contributed by atoms with E-state index in [1.807, 2.05) is 49.7 Å². The first-order valence-electron chi connectivity index (χ1n) is 11.4. The number of nitrogens with zero attached hydrogens (tertiary/aromatic N) is 4. The van der Waals surface area contributed by atoms with Crippen LogP contribution < -0.4 is 9.64 Å². The van der Waals surface area contributed by atoms with Crippen molar-refractivity contribution in [1.82, 2.24) is 14.8 Å². The van der Waals surface area contributed by atoms with E-state index in [2.05, 4.69) is 5.10 Å². The molecule has 10 heteroatoms. The van der Waals surface area contributed by atoms with Gasteiger partial charge >= 0.3 is 0 Å². The molecule has 0 aliphatic heterocycles. The lowest BCUT2D eigenvalue weighted by molar-refractivity contribution is 0.0982. The Labute approximate surface area is 209 Å². The van der Waals surface area contributed by atoms with E-state index in [9.17, 15) is 13.2 Å². The highest BCUT2D eigenvalue weighted by molar-refractivity contribution is 7.91. The number of rotatable bonds is 9. The third kappa shape index (κ3) is 5.08. The molecular weight excluding hydrogens is 484 g/mol. The lowest BCUT2D eigenvalue weighted by atomic mass is 10.2. The average Bonchev–Trinajstić information content (AvgIpc) is 3.42. The number of para-hydroxylation sites is 1. The van der Waals surface area contributed by atoms with Gasteiger partial charge in [0.1, 0.15) is 11.3 Å². The summed E-state index contributed by atoms with van der Waals surface area (Å²) in [6, 6.07) is 14.0. The topological polar surface area (TPSA) is 94.4 Å². The highest BCUT2D eigenvalue weighted by Gasteiger charge is 2.27. The Balaban J connectivity index is 1.80. The molecule has 1 amide bonds. The molecule has 184 valence electrons. The quantitative estimate of drug-likeness (QED) is 0.324. The monoisotopic (exact) mass is 512 g/mol. The van der Waals surface area contributed by atoms with E-state index in [-0.39, 0.29) is 22.8 Å². The summed E-state index contributed by atoms with van der Waals surface area (Å²) in [4.78, 5) is 20.2. The number of benzene rings is 2. The Morgan fingerprint density at radius 2 is 1.89 bits per heavy atom. The largest absolute Gasteiger partial charge is 0.492 e. The molecule has 0 fully saturated rings. The van der Waals surface area contributed by atoms with Gasteiger partial charge in [-0.05, 0) is 51.1 Å². The Hall–Kier alpha value is -3.24. The zero-order valence-corrected chi connectivity index (χ0v) is 21.8. The summed E-state index contributed by atoms with van der Waals surface area (Å²) in [7, 11) is -3.60. The third-order valence-corrected chi connectivity index (χ3v) is 8.45. The van der Waals surface area contributed by atoms with Gasteiger partial charge in [0.15, 0.2) is 15.0 Å². The van der Waals surface area contributed by atoms with E-state index >= 15 is 0 Å². The summed E-state index contributed by atoms with van der Waals surface area (Å²) in [6.07, 6.45) is 0. The molecule has 4 rings (SSSR count). The highest BCUT2D eigenvalue weighted by Crippen LogP contribution is 2.35. The number of anilines is 1. The predicted molar refractivity (Wildman–Crippen MR) is 138 cm³/mol. The van der Waals surface area contributed by atoms with Crippen LogP contribution in [0.3, 0.4) is 0 Å². The molecule has 0 saturated heterocycles. The maximum atomic E-state index is 13.9. The summed E-state index contributed by atoms with van der Waals surface area (Å²) in [6.45, 7) is 8.55. The number of aromatic nitrogens is 3. The molecule has 0 saturated carbocycles. The Kier molecular flexibility index (Phi) is 7.23. The summed E-state index contributed by atoms with van der Waals surface area (Å²) >= 11 is 1.37. The fourth-order valence-electron chi connectivity index (χ4n) is 3.89. The van der Waals surface area contributed by atoms with Gasteiger partial charge in [0, 0.05) is 12.2 Å². The van der Waals surface area contributed by atoms with Gasteiger partial charge in [-0.1, -0.05) is 36.5 Å². The van der Waals surface area contributed by atoms with E-state index in [0.29, 0.717) is 29.5 Å². The molecule has 0 N–H and O–H groups in total. The Morgan fingerprint density at radius 1 is 1.11 bits per heavy atom. The van der Waals surface area contributed by atoms with Gasteiger partial charge in [-0.15, -0.1) is 0 Å². The summed E-state index contributed by atoms with van der Waals surface area (Å²) in [5, 5.41) is 4.98. The van der Waals surface area contributed by atoms with Crippen molar-refractivity contribution in [3.05, 3.63) is 65.5 Å². The fourth-order valence-corrected chi connectivity index (χ4v) is 5.99. The lowest BCUT2D eigenvalue weighted by Gasteiger charge is -2.21. The standard InChI is InChI=1S/C25H28N4O4S2/c1-5-33-20-11-9-12-21-23(20)26-25(34-21)28(14-15-29-18(4)16-17(3)27-29)24(30)19-10-7-8-13-22(19)35(31,32)6-2/h7-13,16H,5-6,14-15H2,1-4H3. The normalized spacial score (nSPS) is 11.7. The second-order valence-electron chi connectivity index (χ2n) is 8.04. The van der Waals surface area contributed by atoms with E-state index in [0.717, 1.165) is 16.1 Å². The molecule has 35 heavy (non-hydrogen) atoms. The number of carbonyl (C=O) groups is 1. The lowest BCUT2D eigenvalue weighted by Crippen LogP contribution is -2.35. The first-order chi connectivity index (χ1) is 16.7. The van der Waals surface area contributed by atoms with Gasteiger partial charge in [0.2, 0.25) is 0 Å². The number of ether oxygens (including phenoxy) is 1. The molecule has 0 atom stereocenters. The first-order valence-corrected chi connectivity index (χ1v) is 13.9. The van der Waals surface area contributed by atoms with E-state index in [4.69, 9.17) is 9.72 Å². The minimum absolute atomic E-state index is 0.0275. The van der Waals surface area contributed by atoms with Crippen molar-refractivity contribution in [3.63, 3.8) is 0 Å². The molecule has 2 aromatic carbocycles. The average molecular weight is 513 g/mol. The maximum absolute atomic E-state index is 13.9. The molecule has 0 spiro atoms. The highest BCUT2D eigenvalue weighted by atomic mass is 32.2. The van der Waals surface area contributed by atoms with Gasteiger partial charge in [0.05, 0.1) is 39.8 Å². The molecule has 2 heterocycles. The molecule has 4 aromatic rings. The van der Waals surface area contributed by atoms with E-state index in [1.165, 1.54) is 17.4 Å². The zero-order valence-electron chi connectivity index (χ0n) is 20.2. The van der Waals surface area contributed by atoms with Crippen LogP contribution in [0, 0.1) is 13.8 Å². The van der Waals surface area contributed by atoms with Crippen LogP contribution in [-0.4, -0.2) is 48.0 Å². The molecule has 0 aliphatic carbocycles. The van der Waals surface area contributed by atoms with Crippen molar-refractivity contribution in [2.24, 2.45) is 0 Å². The van der Waals surface area contributed by atoms with Crippen LogP contribution in [0.25, 0.3) is 10.2 Å². The van der Waals surface area contributed by atoms with Crippen molar-refractivity contribution in [2.45, 2.75) is 39.1 Å². The number of carbonyl (C=O) groups excluding carboxylic acids is 1. The maximum Gasteiger partial charge on any atom is 0.261 e. The smallest absolute Gasteiger partial charge is 0.261 e. The van der Waals surface area contributed by atoms with Crippen molar-refractivity contribution < 1.29 is 17.9 Å². The van der Waals surface area contributed by atoms with Gasteiger partial charge in [-0.25, -0.2) is 13.4 Å². The van der Waals surface area contributed by atoms with Crippen molar-refractivity contribution in [2.75, 3.05) is 23.8 Å². The predicted octanol–water partition coefficient (Wildman–Crippen LogP) is 4.65. The second-order valence-corrected chi connectivity index (χ2v) is 11.3. The summed E-state index contributed by atoms with van der Waals surface area (Å²) < 4.78 is 34.0. The van der Waals surface area contributed by atoms with Crippen molar-refractivity contribution >= 4 is 42.4 Å². The molecule has 0 aliphatic rings. The van der Waals surface area contributed by atoms with E-state index in [1.54, 1.807) is 30.0 Å². The van der Waals surface area contributed by atoms with Crippen LogP contribution in [0.4, 0.5) is 5.13 Å². The van der Waals surface area contributed by atoms with Gasteiger partial charge in [-0.3, -0.25) is 14.4 Å². The van der Waals surface area contributed by atoms with Crippen molar-refractivity contribution in [3.8, 4) is 5.75 Å². The Bertz CT molecular complexity index is 1470. The number of aryl methyl sites for hydroxylation is 2. The second kappa shape index (κ2) is 10.2. The van der Waals surface area contributed by atoms with E-state index < -0.39 is 15.7 Å². The van der Waals surface area contributed by atoms with Crippen molar-refractivity contribution in [1.29, 1.82) is 0 Å².